The fourth-order valence-electron chi connectivity index (χ4n) is 1.44. The number of carbonyl (C=O) groups excluding carboxylic acids is 1. The summed E-state index contributed by atoms with van der Waals surface area (Å²) in [5.41, 5.74) is 5.47. The van der Waals surface area contributed by atoms with Crippen molar-refractivity contribution in [2.75, 3.05) is 20.2 Å². The Bertz CT molecular complexity index is 149. The van der Waals surface area contributed by atoms with Gasteiger partial charge in [0.2, 0.25) is 0 Å². The average Bonchev–Trinajstić information content (AvgIpc) is 2.50. The fourth-order valence-corrected chi connectivity index (χ4v) is 1.44. The minimum atomic E-state index is -0.252. The second-order valence-corrected chi connectivity index (χ2v) is 2.70. The molecule has 1 fully saturated rings. The molecule has 0 aliphatic carbocycles. The molecule has 0 aromatic heterocycles. The first-order chi connectivity index (χ1) is 5.29. The van der Waals surface area contributed by atoms with Gasteiger partial charge < -0.3 is 15.4 Å². The largest absolute Gasteiger partial charge is 0.453 e. The van der Waals surface area contributed by atoms with Crippen LogP contribution in [0.4, 0.5) is 4.79 Å². The molecule has 0 saturated carbocycles. The number of hydrogen-bond acceptors (Lipinski definition) is 3. The third-order valence-corrected chi connectivity index (χ3v) is 2.06. The van der Waals surface area contributed by atoms with Crippen molar-refractivity contribution in [3.63, 3.8) is 0 Å². The normalized spacial score (nSPS) is 23.8. The smallest absolute Gasteiger partial charge is 0.409 e. The van der Waals surface area contributed by atoms with Crippen LogP contribution in [-0.4, -0.2) is 37.2 Å². The van der Waals surface area contributed by atoms with E-state index in [0.717, 1.165) is 19.4 Å². The summed E-state index contributed by atoms with van der Waals surface area (Å²) < 4.78 is 4.60. The van der Waals surface area contributed by atoms with Crippen molar-refractivity contribution in [1.29, 1.82) is 0 Å². The summed E-state index contributed by atoms with van der Waals surface area (Å²) in [6, 6.07) is 0.197. The summed E-state index contributed by atoms with van der Waals surface area (Å²) in [4.78, 5) is 12.7. The first kappa shape index (κ1) is 8.33. The van der Waals surface area contributed by atoms with Gasteiger partial charge in [-0.25, -0.2) is 4.79 Å². The minimum Gasteiger partial charge on any atom is -0.453 e. The maximum atomic E-state index is 11.0. The highest BCUT2D eigenvalue weighted by Gasteiger charge is 2.27. The number of likely N-dealkylation sites (tertiary alicyclic amines) is 1. The zero-order chi connectivity index (χ0) is 8.27. The van der Waals surface area contributed by atoms with E-state index in [-0.39, 0.29) is 12.1 Å². The lowest BCUT2D eigenvalue weighted by molar-refractivity contribution is 0.120. The van der Waals surface area contributed by atoms with E-state index in [1.165, 1.54) is 7.11 Å². The van der Waals surface area contributed by atoms with Crippen LogP contribution in [0, 0.1) is 0 Å². The Hall–Kier alpha value is -0.770. The number of ether oxygens (including phenoxy) is 1. The third kappa shape index (κ3) is 1.63. The summed E-state index contributed by atoms with van der Waals surface area (Å²) in [6.07, 6.45) is 1.79. The van der Waals surface area contributed by atoms with Crippen molar-refractivity contribution in [1.82, 2.24) is 4.90 Å². The predicted molar refractivity (Wildman–Crippen MR) is 41.2 cm³/mol. The maximum absolute atomic E-state index is 11.0. The van der Waals surface area contributed by atoms with Crippen LogP contribution < -0.4 is 5.73 Å². The molecule has 1 amide bonds. The zero-order valence-electron chi connectivity index (χ0n) is 6.75. The van der Waals surface area contributed by atoms with Crippen molar-refractivity contribution < 1.29 is 9.53 Å². The number of rotatable bonds is 1. The van der Waals surface area contributed by atoms with Gasteiger partial charge in [-0.3, -0.25) is 0 Å². The van der Waals surface area contributed by atoms with Crippen molar-refractivity contribution >= 4 is 6.09 Å². The van der Waals surface area contributed by atoms with E-state index < -0.39 is 0 Å². The third-order valence-electron chi connectivity index (χ3n) is 2.06. The molecule has 1 rings (SSSR count). The van der Waals surface area contributed by atoms with Gasteiger partial charge in [0.05, 0.1) is 7.11 Å². The van der Waals surface area contributed by atoms with Gasteiger partial charge in [-0.05, 0) is 12.8 Å². The molecule has 0 spiro atoms. The second kappa shape index (κ2) is 3.57. The number of methoxy groups -OCH3 is 1. The van der Waals surface area contributed by atoms with Crippen LogP contribution in [0.3, 0.4) is 0 Å². The molecule has 0 bridgehead atoms. The number of nitrogens with zero attached hydrogens (tertiary/aromatic N) is 1. The highest BCUT2D eigenvalue weighted by molar-refractivity contribution is 5.68. The van der Waals surface area contributed by atoms with Crippen molar-refractivity contribution in [3.8, 4) is 0 Å². The Labute approximate surface area is 66.3 Å². The maximum Gasteiger partial charge on any atom is 0.409 e. The molecule has 2 N–H and O–H groups in total. The highest BCUT2D eigenvalue weighted by atomic mass is 16.5. The van der Waals surface area contributed by atoms with Crippen molar-refractivity contribution in [3.05, 3.63) is 0 Å². The first-order valence-electron chi connectivity index (χ1n) is 3.84. The molecule has 1 unspecified atom stereocenters. The van der Waals surface area contributed by atoms with Crippen molar-refractivity contribution in [2.24, 2.45) is 5.73 Å². The molecule has 11 heavy (non-hydrogen) atoms. The minimum absolute atomic E-state index is 0.197. The lowest BCUT2D eigenvalue weighted by Crippen LogP contribution is -2.39. The standard InChI is InChI=1S/C7H14N2O2/c1-11-7(10)9-4-2-3-6(9)5-8/h6H,2-5,8H2,1H3. The van der Waals surface area contributed by atoms with E-state index >= 15 is 0 Å². The summed E-state index contributed by atoms with van der Waals surface area (Å²) in [5.74, 6) is 0. The molecule has 1 saturated heterocycles. The van der Waals surface area contributed by atoms with E-state index in [1.54, 1.807) is 4.90 Å². The Morgan fingerprint density at radius 2 is 2.55 bits per heavy atom. The van der Waals surface area contributed by atoms with Crippen LogP contribution in [0.15, 0.2) is 0 Å². The summed E-state index contributed by atoms with van der Waals surface area (Å²) in [6.45, 7) is 1.32. The van der Waals surface area contributed by atoms with Gasteiger partial charge in [-0.2, -0.15) is 0 Å². The predicted octanol–water partition coefficient (Wildman–Crippen LogP) is 0.176. The van der Waals surface area contributed by atoms with Gasteiger partial charge in [0.1, 0.15) is 0 Å². The van der Waals surface area contributed by atoms with Crippen LogP contribution in [0.5, 0.6) is 0 Å². The molecule has 64 valence electrons. The van der Waals surface area contributed by atoms with Gasteiger partial charge in [-0.1, -0.05) is 0 Å². The Kier molecular flexibility index (Phi) is 2.70. The Morgan fingerprint density at radius 3 is 3.09 bits per heavy atom. The Balaban J connectivity index is 2.49. The molecule has 1 atom stereocenters. The lowest BCUT2D eigenvalue weighted by Gasteiger charge is -2.21. The molecular weight excluding hydrogens is 144 g/mol. The van der Waals surface area contributed by atoms with Crippen LogP contribution in [0.1, 0.15) is 12.8 Å². The van der Waals surface area contributed by atoms with Crippen LogP contribution >= 0.6 is 0 Å². The van der Waals surface area contributed by atoms with E-state index in [9.17, 15) is 4.79 Å². The average molecular weight is 158 g/mol. The lowest BCUT2D eigenvalue weighted by atomic mass is 10.2. The van der Waals surface area contributed by atoms with Crippen LogP contribution in [0.2, 0.25) is 0 Å². The molecule has 0 aromatic carbocycles. The van der Waals surface area contributed by atoms with Crippen molar-refractivity contribution in [2.45, 2.75) is 18.9 Å². The Morgan fingerprint density at radius 1 is 1.82 bits per heavy atom. The van der Waals surface area contributed by atoms with E-state index in [4.69, 9.17) is 5.73 Å². The van der Waals surface area contributed by atoms with Gasteiger partial charge >= 0.3 is 6.09 Å². The first-order valence-corrected chi connectivity index (χ1v) is 3.84. The molecule has 1 aliphatic heterocycles. The summed E-state index contributed by atoms with van der Waals surface area (Å²) in [7, 11) is 1.40. The van der Waals surface area contributed by atoms with E-state index in [0.29, 0.717) is 6.54 Å². The van der Waals surface area contributed by atoms with Gasteiger partial charge in [-0.15, -0.1) is 0 Å². The van der Waals surface area contributed by atoms with Crippen LogP contribution in [0.25, 0.3) is 0 Å². The number of nitrogens with two attached hydrogens (primary N) is 1. The molecule has 0 aromatic rings. The molecule has 1 heterocycles. The van der Waals surface area contributed by atoms with Gasteiger partial charge in [0.15, 0.2) is 0 Å². The number of hydrogen-bond donors (Lipinski definition) is 1. The fraction of sp³-hybridized carbons (Fsp3) is 0.857. The number of amides is 1. The quantitative estimate of drug-likeness (QED) is 0.592. The molecule has 4 nitrogen and oxygen atoms in total. The SMILES string of the molecule is COC(=O)N1CCCC1CN. The van der Waals surface area contributed by atoms with Crippen LogP contribution in [-0.2, 0) is 4.74 Å². The van der Waals surface area contributed by atoms with Gasteiger partial charge in [0, 0.05) is 19.1 Å². The second-order valence-electron chi connectivity index (χ2n) is 2.70. The topological polar surface area (TPSA) is 55.6 Å². The number of carbonyl (C=O) groups is 1. The summed E-state index contributed by atoms with van der Waals surface area (Å²) >= 11 is 0. The highest BCUT2D eigenvalue weighted by Crippen LogP contribution is 2.16. The summed E-state index contributed by atoms with van der Waals surface area (Å²) in [5, 5.41) is 0. The molecular formula is C7H14N2O2. The van der Waals surface area contributed by atoms with E-state index in [2.05, 4.69) is 4.74 Å². The zero-order valence-corrected chi connectivity index (χ0v) is 6.75. The van der Waals surface area contributed by atoms with Gasteiger partial charge in [0.25, 0.3) is 0 Å². The monoisotopic (exact) mass is 158 g/mol. The molecule has 4 heteroatoms. The molecule has 0 radical (unpaired) electrons. The molecule has 1 aliphatic rings. The van der Waals surface area contributed by atoms with E-state index in [1.807, 2.05) is 0 Å².